The zero-order chi connectivity index (χ0) is 23.6. The summed E-state index contributed by atoms with van der Waals surface area (Å²) >= 11 is 0. The number of carbonyl (C=O) groups excluding carboxylic acids is 1. The van der Waals surface area contributed by atoms with E-state index in [2.05, 4.69) is 43.3 Å². The van der Waals surface area contributed by atoms with Crippen LogP contribution >= 0.6 is 0 Å². The van der Waals surface area contributed by atoms with Crippen LogP contribution in [0.5, 0.6) is 0 Å². The highest BCUT2D eigenvalue weighted by molar-refractivity contribution is 5.75. The summed E-state index contributed by atoms with van der Waals surface area (Å²) in [5.41, 5.74) is 1.97. The van der Waals surface area contributed by atoms with Gasteiger partial charge in [-0.1, -0.05) is 56.2 Å². The van der Waals surface area contributed by atoms with Crippen molar-refractivity contribution in [1.82, 2.24) is 0 Å². The van der Waals surface area contributed by atoms with Crippen LogP contribution in [0.15, 0.2) is 36.4 Å². The van der Waals surface area contributed by atoms with Crippen molar-refractivity contribution in [3.8, 4) is 0 Å². The van der Waals surface area contributed by atoms with E-state index in [0.29, 0.717) is 31.6 Å². The van der Waals surface area contributed by atoms with Crippen LogP contribution < -0.4 is 0 Å². The molecule has 32 heavy (non-hydrogen) atoms. The molecule has 0 bridgehead atoms. The van der Waals surface area contributed by atoms with Crippen LogP contribution in [0.4, 0.5) is 0 Å². The van der Waals surface area contributed by atoms with E-state index in [-0.39, 0.29) is 11.9 Å². The Morgan fingerprint density at radius 1 is 1.09 bits per heavy atom. The Balaban J connectivity index is 1.98. The third kappa shape index (κ3) is 9.18. The molecule has 0 aliphatic heterocycles. The van der Waals surface area contributed by atoms with Gasteiger partial charge in [-0.05, 0) is 89.2 Å². The number of esters is 1. The summed E-state index contributed by atoms with van der Waals surface area (Å²) < 4.78 is 5.58. The Hall–Kier alpha value is -2.10. The zero-order valence-corrected chi connectivity index (χ0v) is 20.4. The molecule has 0 saturated heterocycles. The fraction of sp³-hybridized carbons (Fsp3) is 0.643. The van der Waals surface area contributed by atoms with Gasteiger partial charge in [0.15, 0.2) is 0 Å². The van der Waals surface area contributed by atoms with E-state index in [1.54, 1.807) is 0 Å². The highest BCUT2D eigenvalue weighted by Gasteiger charge is 2.30. The first kappa shape index (κ1) is 26.2. The minimum Gasteiger partial charge on any atom is -0.481 e. The molecule has 1 aromatic carbocycles. The smallest absolute Gasteiger partial charge is 0.309 e. The summed E-state index contributed by atoms with van der Waals surface area (Å²) in [6.07, 6.45) is 13.4. The SMILES string of the molecule is CCCC[C@@H](C[C@@H](CCc1ccc(C2CC=CCCC2)cc1)C(=O)O)C(=O)OC(C)(C)C. The highest BCUT2D eigenvalue weighted by atomic mass is 16.6. The number of unbranched alkanes of at least 4 members (excludes halogenated alkanes) is 1. The molecule has 178 valence electrons. The molecule has 1 N–H and O–H groups in total. The fourth-order valence-electron chi connectivity index (χ4n) is 4.43. The number of ether oxygens (including phenoxy) is 1. The largest absolute Gasteiger partial charge is 0.481 e. The lowest BCUT2D eigenvalue weighted by molar-refractivity contribution is -0.161. The van der Waals surface area contributed by atoms with Gasteiger partial charge in [0.1, 0.15) is 5.60 Å². The molecule has 3 atom stereocenters. The van der Waals surface area contributed by atoms with Gasteiger partial charge in [-0.25, -0.2) is 0 Å². The van der Waals surface area contributed by atoms with Gasteiger partial charge in [0, 0.05) is 0 Å². The summed E-state index contributed by atoms with van der Waals surface area (Å²) in [4.78, 5) is 24.7. The second kappa shape index (κ2) is 12.8. The molecule has 4 heteroatoms. The van der Waals surface area contributed by atoms with Gasteiger partial charge in [-0.15, -0.1) is 0 Å². The number of hydrogen-bond acceptors (Lipinski definition) is 3. The van der Waals surface area contributed by atoms with Gasteiger partial charge in [-0.2, -0.15) is 0 Å². The Morgan fingerprint density at radius 2 is 1.81 bits per heavy atom. The highest BCUT2D eigenvalue weighted by Crippen LogP contribution is 2.30. The number of aliphatic carboxylic acids is 1. The lowest BCUT2D eigenvalue weighted by Gasteiger charge is -2.25. The number of rotatable bonds is 11. The number of hydrogen-bond donors (Lipinski definition) is 1. The summed E-state index contributed by atoms with van der Waals surface area (Å²) in [6.45, 7) is 7.64. The average molecular weight is 443 g/mol. The summed E-state index contributed by atoms with van der Waals surface area (Å²) in [5, 5.41) is 9.82. The molecular formula is C28H42O4. The Bertz CT molecular complexity index is 742. The van der Waals surface area contributed by atoms with Crippen LogP contribution in [0.3, 0.4) is 0 Å². The lowest BCUT2D eigenvalue weighted by atomic mass is 9.86. The van der Waals surface area contributed by atoms with Gasteiger partial charge in [0.2, 0.25) is 0 Å². The van der Waals surface area contributed by atoms with Crippen LogP contribution in [0.1, 0.15) is 103 Å². The number of allylic oxidation sites excluding steroid dienone is 2. The summed E-state index contributed by atoms with van der Waals surface area (Å²) in [7, 11) is 0. The second-order valence-corrected chi connectivity index (χ2v) is 10.3. The Kier molecular flexibility index (Phi) is 10.5. The Morgan fingerprint density at radius 3 is 2.44 bits per heavy atom. The number of carboxylic acid groups (broad SMARTS) is 1. The Labute approximate surface area is 194 Å². The van der Waals surface area contributed by atoms with E-state index >= 15 is 0 Å². The van der Waals surface area contributed by atoms with Crippen molar-refractivity contribution in [3.63, 3.8) is 0 Å². The van der Waals surface area contributed by atoms with E-state index in [1.807, 2.05) is 20.8 Å². The van der Waals surface area contributed by atoms with Gasteiger partial charge in [0.05, 0.1) is 11.8 Å². The molecular weight excluding hydrogens is 400 g/mol. The van der Waals surface area contributed by atoms with Crippen molar-refractivity contribution >= 4 is 11.9 Å². The molecule has 0 saturated carbocycles. The number of carboxylic acids is 1. The van der Waals surface area contributed by atoms with Gasteiger partial charge < -0.3 is 9.84 Å². The van der Waals surface area contributed by atoms with Gasteiger partial charge in [-0.3, -0.25) is 9.59 Å². The minimum atomic E-state index is -0.822. The van der Waals surface area contributed by atoms with E-state index in [0.717, 1.165) is 24.8 Å². The zero-order valence-electron chi connectivity index (χ0n) is 20.4. The fourth-order valence-corrected chi connectivity index (χ4v) is 4.43. The number of benzene rings is 1. The van der Waals surface area contributed by atoms with Crippen molar-refractivity contribution in [2.75, 3.05) is 0 Å². The minimum absolute atomic E-state index is 0.265. The summed E-state index contributed by atoms with van der Waals surface area (Å²) in [5.74, 6) is -1.41. The monoisotopic (exact) mass is 442 g/mol. The molecule has 4 nitrogen and oxygen atoms in total. The lowest BCUT2D eigenvalue weighted by Crippen LogP contribution is -2.31. The van der Waals surface area contributed by atoms with Crippen LogP contribution in [0, 0.1) is 11.8 Å². The third-order valence-electron chi connectivity index (χ3n) is 6.31. The first-order valence-corrected chi connectivity index (χ1v) is 12.4. The molecule has 1 aliphatic rings. The molecule has 0 spiro atoms. The number of carbonyl (C=O) groups is 2. The molecule has 1 aliphatic carbocycles. The molecule has 0 fully saturated rings. The van der Waals surface area contributed by atoms with E-state index in [9.17, 15) is 14.7 Å². The maximum atomic E-state index is 12.7. The van der Waals surface area contributed by atoms with Gasteiger partial charge in [0.25, 0.3) is 0 Å². The van der Waals surface area contributed by atoms with E-state index in [4.69, 9.17) is 4.74 Å². The molecule has 2 rings (SSSR count). The molecule has 0 aromatic heterocycles. The molecule has 0 heterocycles. The third-order valence-corrected chi connectivity index (χ3v) is 6.31. The standard InChI is InChI=1S/C28H42O4/c1-5-6-11-25(27(31)32-28(2,3)4)20-24(26(29)30)19-16-21-14-17-23(18-15-21)22-12-9-7-8-10-13-22/h7,9,14-15,17-18,22,24-25H,5-6,8,10-13,16,19-20H2,1-4H3,(H,29,30)/t22?,24-,25+/m1/s1. The summed E-state index contributed by atoms with van der Waals surface area (Å²) in [6, 6.07) is 8.70. The second-order valence-electron chi connectivity index (χ2n) is 10.3. The number of aryl methyl sites for hydroxylation is 1. The van der Waals surface area contributed by atoms with E-state index in [1.165, 1.54) is 24.8 Å². The average Bonchev–Trinajstić information content (AvgIpc) is 3.01. The van der Waals surface area contributed by atoms with Crippen molar-refractivity contribution in [3.05, 3.63) is 47.5 Å². The normalized spacial score (nSPS) is 18.6. The molecule has 0 amide bonds. The maximum Gasteiger partial charge on any atom is 0.309 e. The predicted octanol–water partition coefficient (Wildman–Crippen LogP) is 7.07. The van der Waals surface area contributed by atoms with Crippen LogP contribution in [-0.4, -0.2) is 22.6 Å². The van der Waals surface area contributed by atoms with Crippen molar-refractivity contribution in [1.29, 1.82) is 0 Å². The van der Waals surface area contributed by atoms with Crippen LogP contribution in [0.25, 0.3) is 0 Å². The first-order valence-electron chi connectivity index (χ1n) is 12.4. The van der Waals surface area contributed by atoms with Crippen molar-refractivity contribution in [2.24, 2.45) is 11.8 Å². The maximum absolute atomic E-state index is 12.7. The topological polar surface area (TPSA) is 63.6 Å². The predicted molar refractivity (Wildman–Crippen MR) is 130 cm³/mol. The molecule has 0 radical (unpaired) electrons. The van der Waals surface area contributed by atoms with E-state index < -0.39 is 17.5 Å². The first-order chi connectivity index (χ1) is 15.2. The van der Waals surface area contributed by atoms with Crippen LogP contribution in [-0.2, 0) is 20.7 Å². The molecule has 1 unspecified atom stereocenters. The van der Waals surface area contributed by atoms with Crippen LogP contribution in [0.2, 0.25) is 0 Å². The van der Waals surface area contributed by atoms with Crippen molar-refractivity contribution < 1.29 is 19.4 Å². The quantitative estimate of drug-likeness (QED) is 0.294. The van der Waals surface area contributed by atoms with Gasteiger partial charge >= 0.3 is 11.9 Å². The van der Waals surface area contributed by atoms with Crippen molar-refractivity contribution in [2.45, 2.75) is 103 Å². The molecule has 1 aromatic rings.